The van der Waals surface area contributed by atoms with Crippen LogP contribution >= 0.6 is 11.8 Å². The maximum absolute atomic E-state index is 13.6. The molecule has 0 radical (unpaired) electrons. The topological polar surface area (TPSA) is 124 Å². The highest BCUT2D eigenvalue weighted by molar-refractivity contribution is 8.00. The highest BCUT2D eigenvalue weighted by Crippen LogP contribution is 2.30. The normalized spacial score (nSPS) is 11.5. The van der Waals surface area contributed by atoms with Crippen LogP contribution in [-0.2, 0) is 14.8 Å². The van der Waals surface area contributed by atoms with E-state index in [1.165, 1.54) is 18.2 Å². The Morgan fingerprint density at radius 2 is 1.71 bits per heavy atom. The van der Waals surface area contributed by atoms with Gasteiger partial charge in [-0.3, -0.25) is 14.9 Å². The number of para-hydroxylation sites is 4. The van der Waals surface area contributed by atoms with Crippen LogP contribution in [0.2, 0.25) is 0 Å². The van der Waals surface area contributed by atoms with Crippen molar-refractivity contribution in [1.82, 2.24) is 8.96 Å². The summed E-state index contributed by atoms with van der Waals surface area (Å²) in [6.07, 6.45) is 0. The monoisotopic (exact) mass is 496 g/mol. The van der Waals surface area contributed by atoms with Gasteiger partial charge in [-0.1, -0.05) is 42.1 Å². The van der Waals surface area contributed by atoms with Gasteiger partial charge in [0.15, 0.2) is 5.16 Å². The lowest BCUT2D eigenvalue weighted by atomic mass is 10.2. The Morgan fingerprint density at radius 3 is 2.41 bits per heavy atom. The van der Waals surface area contributed by atoms with Gasteiger partial charge in [0.2, 0.25) is 5.91 Å². The Balaban J connectivity index is 1.67. The van der Waals surface area contributed by atoms with Gasteiger partial charge < -0.3 is 5.32 Å². The first-order valence-corrected chi connectivity index (χ1v) is 12.6. The number of carbonyl (C=O) groups is 1. The largest absolute Gasteiger partial charge is 0.320 e. The van der Waals surface area contributed by atoms with Crippen LogP contribution in [0.25, 0.3) is 11.0 Å². The van der Waals surface area contributed by atoms with E-state index in [2.05, 4.69) is 10.3 Å². The van der Waals surface area contributed by atoms with Crippen molar-refractivity contribution < 1.29 is 18.1 Å². The number of rotatable bonds is 7. The number of carbonyl (C=O) groups excluding carboxylic acids is 1. The quantitative estimate of drug-likeness (QED) is 0.226. The second-order valence-corrected chi connectivity index (χ2v) is 10.3. The fraction of sp³-hybridized carbons (Fsp3) is 0.130. The third kappa shape index (κ3) is 4.66. The van der Waals surface area contributed by atoms with Gasteiger partial charge in [0.05, 0.1) is 26.6 Å². The van der Waals surface area contributed by atoms with Crippen molar-refractivity contribution in [1.29, 1.82) is 0 Å². The molecule has 0 unspecified atom stereocenters. The van der Waals surface area contributed by atoms with E-state index >= 15 is 0 Å². The van der Waals surface area contributed by atoms with Crippen molar-refractivity contribution in [2.45, 2.75) is 23.9 Å². The van der Waals surface area contributed by atoms with Crippen LogP contribution in [0.15, 0.2) is 76.8 Å². The molecule has 1 heterocycles. The molecule has 11 heteroatoms. The molecule has 0 aliphatic heterocycles. The van der Waals surface area contributed by atoms with Crippen LogP contribution in [0.3, 0.4) is 0 Å². The number of thioether (sulfide) groups is 1. The fourth-order valence-electron chi connectivity index (χ4n) is 3.55. The number of imidazole rings is 1. The number of anilines is 1. The van der Waals surface area contributed by atoms with Crippen molar-refractivity contribution in [3.8, 4) is 0 Å². The minimum absolute atomic E-state index is 0.0643. The summed E-state index contributed by atoms with van der Waals surface area (Å²) in [5, 5.41) is 13.8. The molecule has 34 heavy (non-hydrogen) atoms. The van der Waals surface area contributed by atoms with Gasteiger partial charge >= 0.3 is 0 Å². The van der Waals surface area contributed by atoms with Gasteiger partial charge in [0, 0.05) is 6.07 Å². The molecule has 1 aromatic heterocycles. The summed E-state index contributed by atoms with van der Waals surface area (Å²) in [6.45, 7) is 3.64. The molecule has 0 bridgehead atoms. The highest BCUT2D eigenvalue weighted by Gasteiger charge is 2.26. The highest BCUT2D eigenvalue weighted by atomic mass is 32.2. The molecule has 0 saturated heterocycles. The molecule has 1 N–H and O–H groups in total. The van der Waals surface area contributed by atoms with Crippen molar-refractivity contribution in [3.63, 3.8) is 0 Å². The van der Waals surface area contributed by atoms with Crippen LogP contribution in [0, 0.1) is 24.0 Å². The first-order valence-electron chi connectivity index (χ1n) is 10.1. The zero-order chi connectivity index (χ0) is 24.5. The van der Waals surface area contributed by atoms with E-state index in [1.54, 1.807) is 42.5 Å². The Labute approximate surface area is 200 Å². The molecule has 4 aromatic rings. The summed E-state index contributed by atoms with van der Waals surface area (Å²) in [4.78, 5) is 27.7. The number of aromatic nitrogens is 2. The Hall–Kier alpha value is -3.70. The smallest absolute Gasteiger partial charge is 0.292 e. The summed E-state index contributed by atoms with van der Waals surface area (Å²) >= 11 is 0.935. The summed E-state index contributed by atoms with van der Waals surface area (Å²) in [5.41, 5.74) is 2.31. The minimum Gasteiger partial charge on any atom is -0.320 e. The number of amides is 1. The molecule has 9 nitrogen and oxygen atoms in total. The minimum atomic E-state index is -4.01. The predicted octanol–water partition coefficient (Wildman–Crippen LogP) is 4.53. The Morgan fingerprint density at radius 1 is 1.06 bits per heavy atom. The Kier molecular flexibility index (Phi) is 6.40. The third-order valence-corrected chi connectivity index (χ3v) is 7.67. The number of aryl methyl sites for hydroxylation is 2. The second kappa shape index (κ2) is 9.27. The van der Waals surface area contributed by atoms with E-state index in [-0.39, 0.29) is 27.2 Å². The predicted molar refractivity (Wildman–Crippen MR) is 131 cm³/mol. The third-order valence-electron chi connectivity index (χ3n) is 4.93. The molecular weight excluding hydrogens is 476 g/mol. The lowest BCUT2D eigenvalue weighted by molar-refractivity contribution is -0.383. The zero-order valence-corrected chi connectivity index (χ0v) is 19.9. The van der Waals surface area contributed by atoms with Crippen LogP contribution in [-0.4, -0.2) is 34.0 Å². The number of nitrogens with one attached hydrogen (secondary N) is 1. The van der Waals surface area contributed by atoms with E-state index in [1.807, 2.05) is 19.9 Å². The van der Waals surface area contributed by atoms with Gasteiger partial charge in [-0.25, -0.2) is 17.4 Å². The van der Waals surface area contributed by atoms with Gasteiger partial charge in [-0.05, 0) is 55.3 Å². The maximum atomic E-state index is 13.6. The molecule has 1 amide bonds. The van der Waals surface area contributed by atoms with Crippen molar-refractivity contribution >= 4 is 50.1 Å². The van der Waals surface area contributed by atoms with Crippen molar-refractivity contribution in [2.75, 3.05) is 11.1 Å². The number of nitro groups is 1. The molecule has 0 atom stereocenters. The van der Waals surface area contributed by atoms with Crippen molar-refractivity contribution in [3.05, 3.63) is 88.0 Å². The SMILES string of the molecule is Cc1cc(C)cc(S(=O)(=O)n2c(SCC(=O)Nc3ccccc3[N+](=O)[O-])nc3ccccc32)c1. The first kappa shape index (κ1) is 23.5. The Bertz CT molecular complexity index is 1510. The van der Waals surface area contributed by atoms with Crippen LogP contribution in [0.1, 0.15) is 11.1 Å². The van der Waals surface area contributed by atoms with E-state index in [4.69, 9.17) is 0 Å². The number of fused-ring (bicyclic) bond motifs is 1. The zero-order valence-electron chi connectivity index (χ0n) is 18.3. The fourth-order valence-corrected chi connectivity index (χ4v) is 6.25. The summed E-state index contributed by atoms with van der Waals surface area (Å²) < 4.78 is 28.4. The van der Waals surface area contributed by atoms with Gasteiger partial charge in [-0.15, -0.1) is 0 Å². The summed E-state index contributed by atoms with van der Waals surface area (Å²) in [5.74, 6) is -0.723. The average molecular weight is 497 g/mol. The number of hydrogen-bond donors (Lipinski definition) is 1. The molecule has 0 aliphatic rings. The van der Waals surface area contributed by atoms with E-state index in [9.17, 15) is 23.3 Å². The molecule has 174 valence electrons. The molecular formula is C23H20N4O5S2. The number of benzene rings is 3. The molecule has 0 saturated carbocycles. The summed E-state index contributed by atoms with van der Waals surface area (Å²) in [6, 6.07) is 17.7. The number of hydrogen-bond acceptors (Lipinski definition) is 7. The maximum Gasteiger partial charge on any atom is 0.292 e. The van der Waals surface area contributed by atoms with Crippen LogP contribution in [0.5, 0.6) is 0 Å². The van der Waals surface area contributed by atoms with Crippen molar-refractivity contribution in [2.24, 2.45) is 0 Å². The molecule has 3 aromatic carbocycles. The number of nitro benzene ring substituents is 1. The summed E-state index contributed by atoms with van der Waals surface area (Å²) in [7, 11) is -4.01. The lowest BCUT2D eigenvalue weighted by Crippen LogP contribution is -2.17. The lowest BCUT2D eigenvalue weighted by Gasteiger charge is -2.12. The number of nitrogens with zero attached hydrogens (tertiary/aromatic N) is 3. The molecule has 0 fully saturated rings. The van der Waals surface area contributed by atoms with E-state index in [0.717, 1.165) is 26.9 Å². The van der Waals surface area contributed by atoms with E-state index < -0.39 is 20.9 Å². The van der Waals surface area contributed by atoms with Crippen LogP contribution in [0.4, 0.5) is 11.4 Å². The molecule has 4 rings (SSSR count). The molecule has 0 spiro atoms. The van der Waals surface area contributed by atoms with E-state index in [0.29, 0.717) is 11.0 Å². The van der Waals surface area contributed by atoms with Gasteiger partial charge in [-0.2, -0.15) is 0 Å². The van der Waals surface area contributed by atoms with Gasteiger partial charge in [0.1, 0.15) is 5.69 Å². The molecule has 0 aliphatic carbocycles. The second-order valence-electron chi connectivity index (χ2n) is 7.59. The first-order chi connectivity index (χ1) is 16.2. The average Bonchev–Trinajstić information content (AvgIpc) is 3.16. The van der Waals surface area contributed by atoms with Crippen LogP contribution < -0.4 is 5.32 Å². The standard InChI is InChI=1S/C23H20N4O5S2/c1-15-11-16(2)13-17(12-15)34(31,32)26-20-9-5-3-7-18(20)25-23(26)33-14-22(28)24-19-8-4-6-10-21(19)27(29)30/h3-13H,14H2,1-2H3,(H,24,28). The van der Waals surface area contributed by atoms with Gasteiger partial charge in [0.25, 0.3) is 15.7 Å².